The molecule has 0 atom stereocenters. The van der Waals surface area contributed by atoms with Crippen LogP contribution in [-0.2, 0) is 26.6 Å². The maximum Gasteiger partial charge on any atom is 0.330 e. The van der Waals surface area contributed by atoms with Crippen LogP contribution in [-0.4, -0.2) is 33.6 Å². The van der Waals surface area contributed by atoms with E-state index >= 15 is 4.39 Å². The molecule has 38 heavy (non-hydrogen) atoms. The predicted octanol–water partition coefficient (Wildman–Crippen LogP) is 5.02. The first-order valence-electron chi connectivity index (χ1n) is 12.0. The molecule has 0 radical (unpaired) electrons. The Kier molecular flexibility index (Phi) is 6.16. The summed E-state index contributed by atoms with van der Waals surface area (Å²) in [6.45, 7) is 4.73. The van der Waals surface area contributed by atoms with Crippen LogP contribution in [0.2, 0.25) is 0 Å². The second-order valence-electron chi connectivity index (χ2n) is 9.68. The van der Waals surface area contributed by atoms with Crippen molar-refractivity contribution in [2.24, 2.45) is 14.1 Å². The zero-order valence-corrected chi connectivity index (χ0v) is 21.6. The third kappa shape index (κ3) is 4.37. The van der Waals surface area contributed by atoms with Gasteiger partial charge in [0.1, 0.15) is 22.9 Å². The van der Waals surface area contributed by atoms with Gasteiger partial charge >= 0.3 is 5.69 Å². The van der Waals surface area contributed by atoms with Crippen molar-refractivity contribution in [3.8, 4) is 22.8 Å². The number of hydrogen-bond acceptors (Lipinski definition) is 5. The number of aromatic nitrogens is 7. The van der Waals surface area contributed by atoms with Crippen molar-refractivity contribution in [2.75, 3.05) is 0 Å². The third-order valence-electron chi connectivity index (χ3n) is 6.48. The molecular weight excluding hydrogens is 495 g/mol. The summed E-state index contributed by atoms with van der Waals surface area (Å²) in [5, 5.41) is 0. The Labute approximate surface area is 216 Å². The van der Waals surface area contributed by atoms with E-state index in [1.165, 1.54) is 32.0 Å². The summed E-state index contributed by atoms with van der Waals surface area (Å²) in [6.07, 6.45) is 4.51. The SMILES string of the molecule is CC(C)c1ncccc1-c1ncc2c(n1)n(Cc1ccc(-c3nc(C(C)(F)F)cn3C)cc1F)c(=O)n2C. The molecule has 0 saturated carbocycles. The molecular formula is C27H26F3N7O. The number of fused-ring (bicyclic) bond motifs is 1. The Morgan fingerprint density at radius 3 is 2.50 bits per heavy atom. The van der Waals surface area contributed by atoms with Crippen LogP contribution in [0.25, 0.3) is 33.9 Å². The second-order valence-corrected chi connectivity index (χ2v) is 9.68. The summed E-state index contributed by atoms with van der Waals surface area (Å²) >= 11 is 0. The van der Waals surface area contributed by atoms with E-state index in [1.54, 1.807) is 38.6 Å². The van der Waals surface area contributed by atoms with Gasteiger partial charge < -0.3 is 4.57 Å². The Hall–Kier alpha value is -4.28. The highest BCUT2D eigenvalue weighted by Crippen LogP contribution is 2.30. The normalized spacial score (nSPS) is 12.1. The summed E-state index contributed by atoms with van der Waals surface area (Å²) in [7, 11) is 3.18. The van der Waals surface area contributed by atoms with E-state index in [9.17, 15) is 13.6 Å². The molecule has 0 unspecified atom stereocenters. The molecule has 1 aromatic carbocycles. The van der Waals surface area contributed by atoms with Gasteiger partial charge in [-0.25, -0.2) is 24.1 Å². The van der Waals surface area contributed by atoms with Crippen LogP contribution < -0.4 is 5.69 Å². The Bertz CT molecular complexity index is 1730. The van der Waals surface area contributed by atoms with Gasteiger partial charge in [-0.3, -0.25) is 14.1 Å². The number of nitrogens with zero attached hydrogens (tertiary/aromatic N) is 7. The first-order valence-corrected chi connectivity index (χ1v) is 12.0. The molecule has 196 valence electrons. The zero-order valence-electron chi connectivity index (χ0n) is 21.6. The molecule has 4 heterocycles. The van der Waals surface area contributed by atoms with Gasteiger partial charge in [-0.2, -0.15) is 8.78 Å². The fourth-order valence-electron chi connectivity index (χ4n) is 4.45. The van der Waals surface area contributed by atoms with E-state index in [2.05, 4.69) is 19.9 Å². The minimum atomic E-state index is -3.11. The average molecular weight is 522 g/mol. The van der Waals surface area contributed by atoms with Crippen LogP contribution >= 0.6 is 0 Å². The lowest BCUT2D eigenvalue weighted by Gasteiger charge is -2.11. The summed E-state index contributed by atoms with van der Waals surface area (Å²) in [5.74, 6) is -2.94. The van der Waals surface area contributed by atoms with E-state index in [1.807, 2.05) is 19.9 Å². The van der Waals surface area contributed by atoms with Crippen molar-refractivity contribution < 1.29 is 13.2 Å². The van der Waals surface area contributed by atoms with Crippen LogP contribution in [0.15, 0.2) is 53.7 Å². The largest absolute Gasteiger partial charge is 0.334 e. The minimum absolute atomic E-state index is 0.0817. The van der Waals surface area contributed by atoms with Gasteiger partial charge in [0.2, 0.25) is 0 Å². The van der Waals surface area contributed by atoms with E-state index in [0.717, 1.165) is 18.2 Å². The summed E-state index contributed by atoms with van der Waals surface area (Å²) in [5.41, 5.74) is 2.28. The van der Waals surface area contributed by atoms with E-state index in [0.29, 0.717) is 22.6 Å². The van der Waals surface area contributed by atoms with E-state index in [-0.39, 0.29) is 29.5 Å². The predicted molar refractivity (Wildman–Crippen MR) is 137 cm³/mol. The monoisotopic (exact) mass is 521 g/mol. The lowest BCUT2D eigenvalue weighted by Crippen LogP contribution is -2.23. The molecule has 4 aromatic heterocycles. The molecule has 5 aromatic rings. The Morgan fingerprint density at radius 2 is 1.84 bits per heavy atom. The maximum absolute atomic E-state index is 15.3. The van der Waals surface area contributed by atoms with Crippen molar-refractivity contribution in [3.63, 3.8) is 0 Å². The topological polar surface area (TPSA) is 83.4 Å². The molecule has 0 amide bonds. The molecule has 0 fully saturated rings. The number of hydrogen-bond donors (Lipinski definition) is 0. The molecule has 0 bridgehead atoms. The average Bonchev–Trinajstić information content (AvgIpc) is 3.38. The lowest BCUT2D eigenvalue weighted by molar-refractivity contribution is 0.0131. The molecule has 0 aliphatic carbocycles. The van der Waals surface area contributed by atoms with Gasteiger partial charge in [0.05, 0.1) is 18.4 Å². The number of benzene rings is 1. The number of halogens is 3. The number of pyridine rings is 1. The lowest BCUT2D eigenvalue weighted by atomic mass is 10.0. The van der Waals surface area contributed by atoms with Gasteiger partial charge in [-0.05, 0) is 24.1 Å². The fourth-order valence-corrected chi connectivity index (χ4v) is 4.45. The standard InChI is InChI=1S/C27H26F3N7O/c1-15(2)22-18(7-6-10-31-22)23-32-12-20-25(34-23)37(26(38)36(20)5)13-17-9-8-16(11-19(17)28)24-33-21(14-35(24)4)27(3,29)30/h6-12,14-15H,13H2,1-5H3. The molecule has 0 saturated heterocycles. The van der Waals surface area contributed by atoms with Gasteiger partial charge in [0, 0.05) is 50.1 Å². The van der Waals surface area contributed by atoms with Crippen molar-refractivity contribution >= 4 is 11.2 Å². The molecule has 0 aliphatic rings. The van der Waals surface area contributed by atoms with E-state index < -0.39 is 17.4 Å². The zero-order chi connectivity index (χ0) is 27.4. The Balaban J connectivity index is 1.55. The highest BCUT2D eigenvalue weighted by molar-refractivity contribution is 5.74. The molecule has 5 rings (SSSR count). The van der Waals surface area contributed by atoms with Crippen molar-refractivity contribution in [1.29, 1.82) is 0 Å². The third-order valence-corrected chi connectivity index (χ3v) is 6.48. The second kappa shape index (κ2) is 9.23. The van der Waals surface area contributed by atoms with Crippen LogP contribution in [0.3, 0.4) is 0 Å². The van der Waals surface area contributed by atoms with Gasteiger partial charge in [-0.1, -0.05) is 26.0 Å². The first kappa shape index (κ1) is 25.4. The Morgan fingerprint density at radius 1 is 1.08 bits per heavy atom. The molecule has 0 spiro atoms. The molecule has 0 aliphatic heterocycles. The van der Waals surface area contributed by atoms with Gasteiger partial charge in [0.15, 0.2) is 11.5 Å². The summed E-state index contributed by atoms with van der Waals surface area (Å²) in [6, 6.07) is 8.03. The minimum Gasteiger partial charge on any atom is -0.334 e. The number of alkyl halides is 2. The summed E-state index contributed by atoms with van der Waals surface area (Å²) in [4.78, 5) is 30.7. The van der Waals surface area contributed by atoms with Crippen LogP contribution in [0.5, 0.6) is 0 Å². The van der Waals surface area contributed by atoms with Crippen LogP contribution in [0.4, 0.5) is 13.2 Å². The molecule has 0 N–H and O–H groups in total. The number of aryl methyl sites for hydroxylation is 2. The van der Waals surface area contributed by atoms with Crippen molar-refractivity contribution in [1.82, 2.24) is 33.6 Å². The smallest absolute Gasteiger partial charge is 0.330 e. The highest BCUT2D eigenvalue weighted by Gasteiger charge is 2.29. The molecule has 11 heteroatoms. The van der Waals surface area contributed by atoms with Gasteiger partial charge in [-0.15, -0.1) is 0 Å². The van der Waals surface area contributed by atoms with Crippen LogP contribution in [0, 0.1) is 5.82 Å². The number of imidazole rings is 2. The van der Waals surface area contributed by atoms with Gasteiger partial charge in [0.25, 0.3) is 5.92 Å². The summed E-state index contributed by atoms with van der Waals surface area (Å²) < 4.78 is 46.9. The van der Waals surface area contributed by atoms with Crippen LogP contribution in [0.1, 0.15) is 43.6 Å². The van der Waals surface area contributed by atoms with Crippen molar-refractivity contribution in [3.05, 3.63) is 82.2 Å². The number of rotatable bonds is 6. The first-order chi connectivity index (χ1) is 18.0. The van der Waals surface area contributed by atoms with E-state index in [4.69, 9.17) is 0 Å². The van der Waals surface area contributed by atoms with Crippen molar-refractivity contribution in [2.45, 2.75) is 39.2 Å². The quantitative estimate of drug-likeness (QED) is 0.314. The maximum atomic E-state index is 15.3. The fraction of sp³-hybridized carbons (Fsp3) is 0.296. The highest BCUT2D eigenvalue weighted by atomic mass is 19.3. The molecule has 8 nitrogen and oxygen atoms in total.